The Balaban J connectivity index is 2.09. The number of β-amino-alcohol motifs (C(OH)–C–C–N with tert-alkyl or cyclic N) is 1. The quantitative estimate of drug-likeness (QED) is 0.786. The van der Waals surface area contributed by atoms with Crippen LogP contribution >= 0.6 is 0 Å². The van der Waals surface area contributed by atoms with Crippen molar-refractivity contribution in [3.8, 4) is 0 Å². The molecule has 2 atom stereocenters. The van der Waals surface area contributed by atoms with Crippen LogP contribution in [0, 0.1) is 0 Å². The Labute approximate surface area is 95.5 Å². The summed E-state index contributed by atoms with van der Waals surface area (Å²) in [6.07, 6.45) is 2.90. The van der Waals surface area contributed by atoms with Crippen LogP contribution in [0.1, 0.15) is 31.6 Å². The van der Waals surface area contributed by atoms with Gasteiger partial charge in [0.25, 0.3) is 0 Å². The lowest BCUT2D eigenvalue weighted by molar-refractivity contribution is 0.154. The zero-order chi connectivity index (χ0) is 11.5. The van der Waals surface area contributed by atoms with Crippen LogP contribution in [-0.2, 0) is 0 Å². The topological polar surface area (TPSA) is 56.6 Å². The minimum Gasteiger partial charge on any atom is -0.391 e. The van der Waals surface area contributed by atoms with E-state index in [1.807, 2.05) is 12.1 Å². The van der Waals surface area contributed by atoms with Gasteiger partial charge in [0.1, 0.15) is 0 Å². The van der Waals surface area contributed by atoms with Crippen molar-refractivity contribution < 1.29 is 10.2 Å². The first-order valence-corrected chi connectivity index (χ1v) is 5.74. The van der Waals surface area contributed by atoms with Crippen molar-refractivity contribution in [2.45, 2.75) is 32.0 Å². The van der Waals surface area contributed by atoms with Crippen LogP contribution < -0.4 is 4.90 Å². The van der Waals surface area contributed by atoms with Gasteiger partial charge in [-0.3, -0.25) is 4.98 Å². The Kier molecular flexibility index (Phi) is 3.41. The largest absolute Gasteiger partial charge is 0.391 e. The fraction of sp³-hybridized carbons (Fsp3) is 0.583. The molecule has 2 N–H and O–H groups in total. The minimum atomic E-state index is -0.527. The van der Waals surface area contributed by atoms with Crippen LogP contribution in [0.25, 0.3) is 0 Å². The van der Waals surface area contributed by atoms with Crippen LogP contribution in [0.4, 0.5) is 5.69 Å². The maximum Gasteiger partial charge on any atom is 0.0931 e. The van der Waals surface area contributed by atoms with Crippen molar-refractivity contribution in [3.05, 3.63) is 24.0 Å². The number of nitrogens with zero attached hydrogens (tertiary/aromatic N) is 2. The Bertz CT molecular complexity index is 337. The molecular weight excluding hydrogens is 204 g/mol. The molecule has 2 heterocycles. The molecule has 88 valence electrons. The summed E-state index contributed by atoms with van der Waals surface area (Å²) in [7, 11) is 0. The highest BCUT2D eigenvalue weighted by Gasteiger charge is 2.18. The zero-order valence-electron chi connectivity index (χ0n) is 9.50. The van der Waals surface area contributed by atoms with Crippen LogP contribution in [0.5, 0.6) is 0 Å². The van der Waals surface area contributed by atoms with Crippen LogP contribution in [-0.4, -0.2) is 34.4 Å². The maximum atomic E-state index is 9.58. The molecule has 4 nitrogen and oxygen atoms in total. The Hall–Kier alpha value is -1.13. The van der Waals surface area contributed by atoms with Crippen molar-refractivity contribution in [1.29, 1.82) is 0 Å². The first-order chi connectivity index (χ1) is 7.66. The van der Waals surface area contributed by atoms with Gasteiger partial charge in [-0.2, -0.15) is 0 Å². The zero-order valence-corrected chi connectivity index (χ0v) is 9.50. The summed E-state index contributed by atoms with van der Waals surface area (Å²) in [5.41, 5.74) is 1.70. The van der Waals surface area contributed by atoms with Gasteiger partial charge in [-0.05, 0) is 31.9 Å². The van der Waals surface area contributed by atoms with Gasteiger partial charge >= 0.3 is 0 Å². The molecule has 1 aliphatic rings. The molecule has 0 aliphatic carbocycles. The average molecular weight is 222 g/mol. The molecule has 1 aromatic heterocycles. The van der Waals surface area contributed by atoms with E-state index in [1.54, 1.807) is 13.1 Å². The number of anilines is 1. The molecule has 2 rings (SSSR count). The number of hydrogen-bond donors (Lipinski definition) is 2. The SMILES string of the molecule is C[C@H](O)c1ccc(N2CCCC(O)C2)cn1. The highest BCUT2D eigenvalue weighted by atomic mass is 16.3. The Morgan fingerprint density at radius 2 is 2.31 bits per heavy atom. The van der Waals surface area contributed by atoms with Crippen molar-refractivity contribution >= 4 is 5.69 Å². The van der Waals surface area contributed by atoms with Crippen LogP contribution in [0.3, 0.4) is 0 Å². The fourth-order valence-corrected chi connectivity index (χ4v) is 2.02. The summed E-state index contributed by atoms with van der Waals surface area (Å²) in [5.74, 6) is 0. The van der Waals surface area contributed by atoms with E-state index in [0.717, 1.165) is 25.1 Å². The molecule has 0 aromatic carbocycles. The Morgan fingerprint density at radius 1 is 1.50 bits per heavy atom. The summed E-state index contributed by atoms with van der Waals surface area (Å²) >= 11 is 0. The molecule has 0 radical (unpaired) electrons. The normalized spacial score (nSPS) is 23.2. The summed E-state index contributed by atoms with van der Waals surface area (Å²) in [4.78, 5) is 6.34. The van der Waals surface area contributed by atoms with E-state index in [4.69, 9.17) is 0 Å². The van der Waals surface area contributed by atoms with Gasteiger partial charge in [-0.25, -0.2) is 0 Å². The summed E-state index contributed by atoms with van der Waals surface area (Å²) in [5, 5.41) is 18.9. The number of hydrogen-bond acceptors (Lipinski definition) is 4. The molecular formula is C12H18N2O2. The first-order valence-electron chi connectivity index (χ1n) is 5.74. The van der Waals surface area contributed by atoms with Gasteiger partial charge in [-0.15, -0.1) is 0 Å². The molecule has 1 aliphatic heterocycles. The Morgan fingerprint density at radius 3 is 2.88 bits per heavy atom. The van der Waals surface area contributed by atoms with E-state index in [2.05, 4.69) is 9.88 Å². The van der Waals surface area contributed by atoms with E-state index in [9.17, 15) is 10.2 Å². The maximum absolute atomic E-state index is 9.58. The second kappa shape index (κ2) is 4.80. The summed E-state index contributed by atoms with van der Waals surface area (Å²) < 4.78 is 0. The fourth-order valence-electron chi connectivity index (χ4n) is 2.02. The molecule has 0 spiro atoms. The lowest BCUT2D eigenvalue weighted by Gasteiger charge is -2.31. The van der Waals surface area contributed by atoms with Gasteiger partial charge < -0.3 is 15.1 Å². The predicted molar refractivity (Wildman–Crippen MR) is 62.3 cm³/mol. The molecule has 16 heavy (non-hydrogen) atoms. The second-order valence-corrected chi connectivity index (χ2v) is 4.36. The van der Waals surface area contributed by atoms with E-state index in [1.165, 1.54) is 0 Å². The molecule has 1 aromatic rings. The molecule has 0 amide bonds. The third-order valence-electron chi connectivity index (χ3n) is 2.96. The smallest absolute Gasteiger partial charge is 0.0931 e. The van der Waals surface area contributed by atoms with Crippen molar-refractivity contribution in [3.63, 3.8) is 0 Å². The van der Waals surface area contributed by atoms with Crippen LogP contribution in [0.15, 0.2) is 18.3 Å². The number of aliphatic hydroxyl groups is 2. The van der Waals surface area contributed by atoms with Gasteiger partial charge in [0.2, 0.25) is 0 Å². The van der Waals surface area contributed by atoms with E-state index in [-0.39, 0.29) is 6.10 Å². The van der Waals surface area contributed by atoms with E-state index >= 15 is 0 Å². The molecule has 1 unspecified atom stereocenters. The summed E-state index contributed by atoms with van der Waals surface area (Å²) in [6, 6.07) is 3.79. The van der Waals surface area contributed by atoms with Gasteiger partial charge in [0.05, 0.1) is 29.8 Å². The molecule has 1 fully saturated rings. The molecule has 4 heteroatoms. The highest BCUT2D eigenvalue weighted by molar-refractivity contribution is 5.45. The number of aromatic nitrogens is 1. The number of aliphatic hydroxyl groups excluding tert-OH is 2. The lowest BCUT2D eigenvalue weighted by atomic mass is 10.1. The summed E-state index contributed by atoms with van der Waals surface area (Å²) in [6.45, 7) is 3.34. The third-order valence-corrected chi connectivity index (χ3v) is 2.96. The monoisotopic (exact) mass is 222 g/mol. The van der Waals surface area contributed by atoms with E-state index < -0.39 is 6.10 Å². The van der Waals surface area contributed by atoms with Crippen LogP contribution in [0.2, 0.25) is 0 Å². The average Bonchev–Trinajstić information content (AvgIpc) is 2.29. The number of piperidine rings is 1. The number of pyridine rings is 1. The molecule has 0 saturated carbocycles. The van der Waals surface area contributed by atoms with Crippen molar-refractivity contribution in [1.82, 2.24) is 4.98 Å². The highest BCUT2D eigenvalue weighted by Crippen LogP contribution is 2.20. The third kappa shape index (κ3) is 2.51. The van der Waals surface area contributed by atoms with Crippen molar-refractivity contribution in [2.75, 3.05) is 18.0 Å². The molecule has 1 saturated heterocycles. The van der Waals surface area contributed by atoms with Gasteiger partial charge in [-0.1, -0.05) is 0 Å². The molecule has 0 bridgehead atoms. The second-order valence-electron chi connectivity index (χ2n) is 4.36. The lowest BCUT2D eigenvalue weighted by Crippen LogP contribution is -2.38. The standard InChI is InChI=1S/C12H18N2O2/c1-9(15)12-5-4-10(7-13-12)14-6-2-3-11(16)8-14/h4-5,7,9,11,15-16H,2-3,6,8H2,1H3/t9-,11?/m0/s1. The van der Waals surface area contributed by atoms with Crippen molar-refractivity contribution in [2.24, 2.45) is 0 Å². The van der Waals surface area contributed by atoms with E-state index in [0.29, 0.717) is 12.2 Å². The predicted octanol–water partition coefficient (Wildman–Crippen LogP) is 1.10. The minimum absolute atomic E-state index is 0.231. The van der Waals surface area contributed by atoms with Gasteiger partial charge in [0.15, 0.2) is 0 Å². The number of rotatable bonds is 2. The first kappa shape index (κ1) is 11.4. The van der Waals surface area contributed by atoms with Gasteiger partial charge in [0, 0.05) is 13.1 Å².